The molecular formula is C26H35N3O4. The number of imidazole rings is 1. The summed E-state index contributed by atoms with van der Waals surface area (Å²) in [5.74, 6) is 2.99. The lowest BCUT2D eigenvalue weighted by Crippen LogP contribution is -2.32. The Hall–Kier alpha value is -3.03. The van der Waals surface area contributed by atoms with Gasteiger partial charge in [0.05, 0.1) is 14.2 Å². The monoisotopic (exact) mass is 453 g/mol. The number of methoxy groups -OCH3 is 2. The molecule has 0 aliphatic heterocycles. The molecule has 0 aliphatic rings. The first-order chi connectivity index (χ1) is 15.8. The standard InChI is InChI=1S/C26H35N3O4/c1-26(2,3)24-16-28-25(29-24)19-7-9-21(10-8-19)33-17-20(30)15-27-13-12-18-6-11-22(31-4)23(14-18)32-5/h6-11,14,16,20,27,30H,12-13,15,17H2,1-5H3,(H,28,29)/t20-/m0/s1. The van der Waals surface area contributed by atoms with Crippen molar-refractivity contribution in [1.82, 2.24) is 15.3 Å². The molecular weight excluding hydrogens is 418 g/mol. The number of nitrogens with one attached hydrogen (secondary N) is 2. The van der Waals surface area contributed by atoms with Crippen LogP contribution in [-0.4, -0.2) is 55.1 Å². The first-order valence-electron chi connectivity index (χ1n) is 11.2. The Kier molecular flexibility index (Phi) is 8.36. The van der Waals surface area contributed by atoms with Gasteiger partial charge in [0, 0.05) is 29.4 Å². The second-order valence-corrected chi connectivity index (χ2v) is 9.03. The van der Waals surface area contributed by atoms with E-state index in [1.54, 1.807) is 14.2 Å². The SMILES string of the molecule is COc1ccc(CCNC[C@H](O)COc2ccc(-c3ncc(C(C)(C)C)[nH]3)cc2)cc1OC. The highest BCUT2D eigenvalue weighted by Crippen LogP contribution is 2.28. The Morgan fingerprint density at radius 2 is 1.76 bits per heavy atom. The molecule has 33 heavy (non-hydrogen) atoms. The largest absolute Gasteiger partial charge is 0.493 e. The van der Waals surface area contributed by atoms with Crippen LogP contribution in [0.4, 0.5) is 0 Å². The van der Waals surface area contributed by atoms with Gasteiger partial charge in [0.15, 0.2) is 11.5 Å². The zero-order valence-corrected chi connectivity index (χ0v) is 20.1. The van der Waals surface area contributed by atoms with Crippen LogP contribution in [0, 0.1) is 0 Å². The van der Waals surface area contributed by atoms with Gasteiger partial charge in [0.2, 0.25) is 0 Å². The van der Waals surface area contributed by atoms with Crippen LogP contribution in [0.3, 0.4) is 0 Å². The molecule has 0 fully saturated rings. The number of ether oxygens (including phenoxy) is 3. The second kappa shape index (κ2) is 11.2. The number of hydrogen-bond donors (Lipinski definition) is 3. The summed E-state index contributed by atoms with van der Waals surface area (Å²) in [5, 5.41) is 13.5. The van der Waals surface area contributed by atoms with E-state index < -0.39 is 6.10 Å². The van der Waals surface area contributed by atoms with Gasteiger partial charge in [-0.3, -0.25) is 0 Å². The zero-order valence-electron chi connectivity index (χ0n) is 20.1. The number of aromatic amines is 1. The molecule has 7 nitrogen and oxygen atoms in total. The minimum Gasteiger partial charge on any atom is -0.493 e. The maximum atomic E-state index is 10.2. The molecule has 0 amide bonds. The van der Waals surface area contributed by atoms with Crippen molar-refractivity contribution < 1.29 is 19.3 Å². The number of rotatable bonds is 11. The van der Waals surface area contributed by atoms with E-state index in [-0.39, 0.29) is 12.0 Å². The average molecular weight is 454 g/mol. The van der Waals surface area contributed by atoms with Crippen molar-refractivity contribution in [3.05, 3.63) is 59.9 Å². The van der Waals surface area contributed by atoms with E-state index in [1.165, 1.54) is 0 Å². The first kappa shape index (κ1) is 24.6. The third kappa shape index (κ3) is 6.97. The molecule has 1 aromatic heterocycles. The molecule has 1 heterocycles. The highest BCUT2D eigenvalue weighted by Gasteiger charge is 2.17. The highest BCUT2D eigenvalue weighted by molar-refractivity contribution is 5.56. The summed E-state index contributed by atoms with van der Waals surface area (Å²) in [5.41, 5.74) is 3.26. The van der Waals surface area contributed by atoms with Crippen molar-refractivity contribution in [2.45, 2.75) is 38.7 Å². The van der Waals surface area contributed by atoms with Crippen LogP contribution in [0.5, 0.6) is 17.2 Å². The summed E-state index contributed by atoms with van der Waals surface area (Å²) in [6.07, 6.45) is 2.10. The molecule has 178 valence electrons. The zero-order chi connectivity index (χ0) is 23.8. The van der Waals surface area contributed by atoms with Crippen LogP contribution in [0.1, 0.15) is 32.0 Å². The van der Waals surface area contributed by atoms with Crippen LogP contribution in [0.2, 0.25) is 0 Å². The minimum atomic E-state index is -0.602. The third-order valence-electron chi connectivity index (χ3n) is 5.37. The van der Waals surface area contributed by atoms with Gasteiger partial charge in [-0.2, -0.15) is 0 Å². The molecule has 0 bridgehead atoms. The quantitative estimate of drug-likeness (QED) is 0.381. The van der Waals surface area contributed by atoms with Crippen molar-refractivity contribution in [3.63, 3.8) is 0 Å². The smallest absolute Gasteiger partial charge is 0.160 e. The van der Waals surface area contributed by atoms with Crippen molar-refractivity contribution in [3.8, 4) is 28.6 Å². The maximum absolute atomic E-state index is 10.2. The summed E-state index contributed by atoms with van der Waals surface area (Å²) >= 11 is 0. The van der Waals surface area contributed by atoms with E-state index >= 15 is 0 Å². The molecule has 3 rings (SSSR count). The molecule has 0 saturated carbocycles. The van der Waals surface area contributed by atoms with E-state index in [4.69, 9.17) is 14.2 Å². The Morgan fingerprint density at radius 1 is 1.03 bits per heavy atom. The molecule has 0 radical (unpaired) electrons. The summed E-state index contributed by atoms with van der Waals surface area (Å²) in [7, 11) is 3.25. The molecule has 0 unspecified atom stereocenters. The van der Waals surface area contributed by atoms with Gasteiger partial charge in [0.25, 0.3) is 0 Å². The molecule has 3 N–H and O–H groups in total. The molecule has 1 atom stereocenters. The van der Waals surface area contributed by atoms with Gasteiger partial charge in [-0.1, -0.05) is 26.8 Å². The summed E-state index contributed by atoms with van der Waals surface area (Å²) in [6, 6.07) is 13.6. The van der Waals surface area contributed by atoms with E-state index in [9.17, 15) is 5.11 Å². The number of benzene rings is 2. The number of aliphatic hydroxyl groups is 1. The van der Waals surface area contributed by atoms with Crippen LogP contribution in [-0.2, 0) is 11.8 Å². The summed E-state index contributed by atoms with van der Waals surface area (Å²) < 4.78 is 16.3. The Bertz CT molecular complexity index is 1010. The number of nitrogens with zero attached hydrogens (tertiary/aromatic N) is 1. The second-order valence-electron chi connectivity index (χ2n) is 9.03. The fourth-order valence-corrected chi connectivity index (χ4v) is 3.35. The van der Waals surface area contributed by atoms with Crippen LogP contribution >= 0.6 is 0 Å². The van der Waals surface area contributed by atoms with Gasteiger partial charge in [-0.25, -0.2) is 4.98 Å². The maximum Gasteiger partial charge on any atom is 0.160 e. The number of hydrogen-bond acceptors (Lipinski definition) is 6. The molecule has 0 saturated heterocycles. The number of aromatic nitrogens is 2. The highest BCUT2D eigenvalue weighted by atomic mass is 16.5. The van der Waals surface area contributed by atoms with Crippen LogP contribution < -0.4 is 19.5 Å². The van der Waals surface area contributed by atoms with Crippen molar-refractivity contribution in [2.75, 3.05) is 33.9 Å². The molecule has 0 spiro atoms. The number of H-pyrrole nitrogens is 1. The van der Waals surface area contributed by atoms with E-state index in [0.717, 1.165) is 41.4 Å². The number of aliphatic hydroxyl groups excluding tert-OH is 1. The van der Waals surface area contributed by atoms with E-state index in [1.807, 2.05) is 48.7 Å². The lowest BCUT2D eigenvalue weighted by Gasteiger charge is -2.15. The summed E-state index contributed by atoms with van der Waals surface area (Å²) in [4.78, 5) is 7.86. The Labute approximate surface area is 196 Å². The van der Waals surface area contributed by atoms with Crippen LogP contribution in [0.15, 0.2) is 48.7 Å². The fourth-order valence-electron chi connectivity index (χ4n) is 3.35. The Balaban J connectivity index is 1.40. The van der Waals surface area contributed by atoms with Gasteiger partial charge in [0.1, 0.15) is 24.3 Å². The van der Waals surface area contributed by atoms with Gasteiger partial charge >= 0.3 is 0 Å². The summed E-state index contributed by atoms with van der Waals surface area (Å²) in [6.45, 7) is 7.86. The minimum absolute atomic E-state index is 0.0278. The average Bonchev–Trinajstić information content (AvgIpc) is 3.32. The first-order valence-corrected chi connectivity index (χ1v) is 11.2. The Morgan fingerprint density at radius 3 is 2.39 bits per heavy atom. The lowest BCUT2D eigenvalue weighted by atomic mass is 9.93. The van der Waals surface area contributed by atoms with Gasteiger partial charge < -0.3 is 29.6 Å². The van der Waals surface area contributed by atoms with Crippen LogP contribution in [0.25, 0.3) is 11.4 Å². The van der Waals surface area contributed by atoms with Crippen molar-refractivity contribution >= 4 is 0 Å². The van der Waals surface area contributed by atoms with Crippen molar-refractivity contribution in [1.29, 1.82) is 0 Å². The lowest BCUT2D eigenvalue weighted by molar-refractivity contribution is 0.106. The van der Waals surface area contributed by atoms with E-state index in [0.29, 0.717) is 18.0 Å². The molecule has 0 aliphatic carbocycles. The molecule has 3 aromatic rings. The fraction of sp³-hybridized carbons (Fsp3) is 0.423. The molecule has 2 aromatic carbocycles. The topological polar surface area (TPSA) is 88.6 Å². The van der Waals surface area contributed by atoms with Gasteiger partial charge in [-0.05, 0) is 54.9 Å². The normalized spacial score (nSPS) is 12.4. The predicted molar refractivity (Wildman–Crippen MR) is 130 cm³/mol. The van der Waals surface area contributed by atoms with E-state index in [2.05, 4.69) is 36.1 Å². The third-order valence-corrected chi connectivity index (χ3v) is 5.37. The molecule has 7 heteroatoms. The predicted octanol–water partition coefficient (Wildman–Crippen LogP) is 3.96. The van der Waals surface area contributed by atoms with Gasteiger partial charge in [-0.15, -0.1) is 0 Å². The van der Waals surface area contributed by atoms with Crippen molar-refractivity contribution in [2.24, 2.45) is 0 Å².